The molecule has 2 N–H and O–H groups in total. The fourth-order valence-corrected chi connectivity index (χ4v) is 5.11. The predicted molar refractivity (Wildman–Crippen MR) is 144 cm³/mol. The second kappa shape index (κ2) is 10.0. The summed E-state index contributed by atoms with van der Waals surface area (Å²) >= 11 is 6.68. The molecule has 1 heterocycles. The van der Waals surface area contributed by atoms with Crippen molar-refractivity contribution in [1.29, 1.82) is 0 Å². The third-order valence-electron chi connectivity index (χ3n) is 6.63. The van der Waals surface area contributed by atoms with E-state index in [1.54, 1.807) is 0 Å². The summed E-state index contributed by atoms with van der Waals surface area (Å²) in [6, 6.07) is 22.8. The van der Waals surface area contributed by atoms with Crippen molar-refractivity contribution in [3.8, 4) is 11.1 Å². The van der Waals surface area contributed by atoms with Gasteiger partial charge in [0.2, 0.25) is 0 Å². The van der Waals surface area contributed by atoms with Crippen LogP contribution in [0.15, 0.2) is 66.7 Å². The molecule has 0 bridgehead atoms. The molecule has 0 unspecified atom stereocenters. The van der Waals surface area contributed by atoms with E-state index in [4.69, 9.17) is 11.6 Å². The molecule has 1 amide bonds. The molecule has 4 aromatic carbocycles. The summed E-state index contributed by atoms with van der Waals surface area (Å²) in [5.74, 6) is -0.0228. The molecular formula is C29H30ClN3O. The Morgan fingerprint density at radius 2 is 1.62 bits per heavy atom. The number of unbranched alkanes of at least 4 members (excludes halogenated alkanes) is 1. The van der Waals surface area contributed by atoms with Crippen molar-refractivity contribution in [2.45, 2.75) is 19.8 Å². The number of piperazine rings is 1. The van der Waals surface area contributed by atoms with Crippen molar-refractivity contribution in [3.63, 3.8) is 0 Å². The summed E-state index contributed by atoms with van der Waals surface area (Å²) in [5, 5.41) is 11.8. The Morgan fingerprint density at radius 1 is 0.941 bits per heavy atom. The second-order valence-corrected chi connectivity index (χ2v) is 9.30. The minimum absolute atomic E-state index is 0.0228. The van der Waals surface area contributed by atoms with Crippen LogP contribution in [0.2, 0.25) is 5.02 Å². The quantitative estimate of drug-likeness (QED) is 0.258. The van der Waals surface area contributed by atoms with E-state index in [-0.39, 0.29) is 5.91 Å². The lowest BCUT2D eigenvalue weighted by Gasteiger charge is -2.33. The van der Waals surface area contributed by atoms with E-state index in [9.17, 15) is 4.79 Å². The molecule has 0 spiro atoms. The van der Waals surface area contributed by atoms with Crippen molar-refractivity contribution < 1.29 is 4.79 Å². The number of rotatable bonds is 6. The van der Waals surface area contributed by atoms with Crippen LogP contribution < -0.4 is 15.5 Å². The van der Waals surface area contributed by atoms with Crippen molar-refractivity contribution in [2.75, 3.05) is 37.6 Å². The molecule has 4 aromatic rings. The van der Waals surface area contributed by atoms with Gasteiger partial charge in [-0.1, -0.05) is 67.4 Å². The Hall–Kier alpha value is -3.08. The SMILES string of the molecule is CCCCNC(=O)c1cc(-c2ccccc2Cl)c2cc3ccccc3cc2c1N1CCNCC1. The van der Waals surface area contributed by atoms with Crippen LogP contribution in [-0.2, 0) is 0 Å². The number of benzene rings is 4. The number of nitrogens with zero attached hydrogens (tertiary/aromatic N) is 1. The largest absolute Gasteiger partial charge is 0.368 e. The van der Waals surface area contributed by atoms with Crippen LogP contribution in [0.5, 0.6) is 0 Å². The molecule has 1 aliphatic heterocycles. The van der Waals surface area contributed by atoms with E-state index in [0.717, 1.165) is 72.2 Å². The van der Waals surface area contributed by atoms with Crippen LogP contribution in [0.25, 0.3) is 32.7 Å². The van der Waals surface area contributed by atoms with Gasteiger partial charge < -0.3 is 15.5 Å². The van der Waals surface area contributed by atoms with Gasteiger partial charge in [0.05, 0.1) is 11.3 Å². The number of anilines is 1. The maximum atomic E-state index is 13.6. The van der Waals surface area contributed by atoms with Crippen LogP contribution in [0.1, 0.15) is 30.1 Å². The summed E-state index contributed by atoms with van der Waals surface area (Å²) < 4.78 is 0. The number of nitrogens with one attached hydrogen (secondary N) is 2. The lowest BCUT2D eigenvalue weighted by atomic mass is 9.90. The molecule has 0 radical (unpaired) electrons. The number of fused-ring (bicyclic) bond motifs is 2. The number of hydrogen-bond donors (Lipinski definition) is 2. The maximum absolute atomic E-state index is 13.6. The van der Waals surface area contributed by atoms with Gasteiger partial charge in [-0.2, -0.15) is 0 Å². The molecule has 0 aromatic heterocycles. The highest BCUT2D eigenvalue weighted by atomic mass is 35.5. The first-order valence-electron chi connectivity index (χ1n) is 12.2. The highest BCUT2D eigenvalue weighted by Crippen LogP contribution is 2.42. The lowest BCUT2D eigenvalue weighted by molar-refractivity contribution is 0.0953. The standard InChI is InChI=1S/C29H30ClN3O/c1-2-3-12-32-29(34)26-19-24(22-10-6-7-11-27(22)30)23-17-20-8-4-5-9-21(20)18-25(23)28(26)33-15-13-31-14-16-33/h4-11,17-19,31H,2-3,12-16H2,1H3,(H,32,34). The summed E-state index contributed by atoms with van der Waals surface area (Å²) in [4.78, 5) is 15.9. The minimum atomic E-state index is -0.0228. The van der Waals surface area contributed by atoms with E-state index < -0.39 is 0 Å². The molecule has 0 saturated carbocycles. The number of amides is 1. The predicted octanol–water partition coefficient (Wildman–Crippen LogP) is 6.25. The molecule has 4 nitrogen and oxygen atoms in total. The zero-order valence-corrected chi connectivity index (χ0v) is 20.3. The second-order valence-electron chi connectivity index (χ2n) is 8.89. The first kappa shape index (κ1) is 22.7. The first-order valence-corrected chi connectivity index (χ1v) is 12.5. The van der Waals surface area contributed by atoms with Gasteiger partial charge >= 0.3 is 0 Å². The van der Waals surface area contributed by atoms with E-state index >= 15 is 0 Å². The van der Waals surface area contributed by atoms with Crippen molar-refractivity contribution in [2.24, 2.45) is 0 Å². The van der Waals surface area contributed by atoms with E-state index in [0.29, 0.717) is 11.6 Å². The molecular weight excluding hydrogens is 442 g/mol. The third kappa shape index (κ3) is 4.36. The lowest BCUT2D eigenvalue weighted by Crippen LogP contribution is -2.44. The van der Waals surface area contributed by atoms with Gasteiger partial charge in [-0.25, -0.2) is 0 Å². The third-order valence-corrected chi connectivity index (χ3v) is 6.96. The summed E-state index contributed by atoms with van der Waals surface area (Å²) in [6.07, 6.45) is 2.00. The molecule has 5 rings (SSSR count). The summed E-state index contributed by atoms with van der Waals surface area (Å²) in [5.41, 5.74) is 3.67. The Morgan fingerprint density at radius 3 is 2.32 bits per heavy atom. The Balaban J connectivity index is 1.82. The highest BCUT2D eigenvalue weighted by molar-refractivity contribution is 6.34. The Bertz CT molecular complexity index is 1340. The van der Waals surface area contributed by atoms with Gasteiger partial charge in [0.25, 0.3) is 5.91 Å². The van der Waals surface area contributed by atoms with Gasteiger partial charge in [-0.15, -0.1) is 0 Å². The highest BCUT2D eigenvalue weighted by Gasteiger charge is 2.24. The number of carbonyl (C=O) groups excluding carboxylic acids is 1. The summed E-state index contributed by atoms with van der Waals surface area (Å²) in [7, 11) is 0. The van der Waals surface area contributed by atoms with Gasteiger partial charge in [-0.3, -0.25) is 4.79 Å². The normalized spacial score (nSPS) is 14.0. The van der Waals surface area contributed by atoms with Crippen LogP contribution >= 0.6 is 11.6 Å². The summed E-state index contributed by atoms with van der Waals surface area (Å²) in [6.45, 7) is 6.34. The smallest absolute Gasteiger partial charge is 0.253 e. The average molecular weight is 472 g/mol. The number of hydrogen-bond acceptors (Lipinski definition) is 3. The average Bonchev–Trinajstić information content (AvgIpc) is 2.87. The molecule has 5 heteroatoms. The molecule has 174 valence electrons. The topological polar surface area (TPSA) is 44.4 Å². The molecule has 34 heavy (non-hydrogen) atoms. The Kier molecular flexibility index (Phi) is 6.70. The zero-order valence-electron chi connectivity index (χ0n) is 19.5. The number of halogens is 1. The minimum Gasteiger partial charge on any atom is -0.368 e. The van der Waals surface area contributed by atoms with Crippen molar-refractivity contribution in [1.82, 2.24) is 10.6 Å². The molecule has 1 aliphatic rings. The molecule has 1 saturated heterocycles. The van der Waals surface area contributed by atoms with Gasteiger partial charge in [0.15, 0.2) is 0 Å². The van der Waals surface area contributed by atoms with Crippen LogP contribution in [0.4, 0.5) is 5.69 Å². The maximum Gasteiger partial charge on any atom is 0.253 e. The van der Waals surface area contributed by atoms with Crippen molar-refractivity contribution >= 4 is 44.7 Å². The van der Waals surface area contributed by atoms with E-state index in [1.807, 2.05) is 24.3 Å². The first-order chi connectivity index (χ1) is 16.7. The molecule has 0 aliphatic carbocycles. The van der Waals surface area contributed by atoms with Gasteiger partial charge in [-0.05, 0) is 52.4 Å². The molecule has 0 atom stereocenters. The van der Waals surface area contributed by atoms with E-state index in [1.165, 1.54) is 10.8 Å². The monoisotopic (exact) mass is 471 g/mol. The van der Waals surface area contributed by atoms with Crippen LogP contribution in [0, 0.1) is 0 Å². The van der Waals surface area contributed by atoms with Crippen molar-refractivity contribution in [3.05, 3.63) is 77.3 Å². The van der Waals surface area contributed by atoms with Gasteiger partial charge in [0.1, 0.15) is 0 Å². The van der Waals surface area contributed by atoms with E-state index in [2.05, 4.69) is 64.9 Å². The van der Waals surface area contributed by atoms with Crippen LogP contribution in [0.3, 0.4) is 0 Å². The van der Waals surface area contributed by atoms with Gasteiger partial charge in [0, 0.05) is 48.7 Å². The fraction of sp³-hybridized carbons (Fsp3) is 0.276. The molecule has 1 fully saturated rings. The Labute approximate surface area is 205 Å². The van der Waals surface area contributed by atoms with Crippen LogP contribution in [-0.4, -0.2) is 38.6 Å². The fourth-order valence-electron chi connectivity index (χ4n) is 4.87. The number of carbonyl (C=O) groups is 1. The zero-order chi connectivity index (χ0) is 23.5.